The third-order valence-electron chi connectivity index (χ3n) is 3.68. The van der Waals surface area contributed by atoms with Crippen molar-refractivity contribution in [1.82, 2.24) is 15.3 Å². The largest absolute Gasteiger partial charge is 0.385 e. The molecular formula is C15H24N4O2. The predicted molar refractivity (Wildman–Crippen MR) is 81.2 cm³/mol. The molecule has 1 aliphatic rings. The van der Waals surface area contributed by atoms with Gasteiger partial charge in [-0.2, -0.15) is 0 Å². The van der Waals surface area contributed by atoms with Crippen LogP contribution in [0.2, 0.25) is 0 Å². The average molecular weight is 292 g/mol. The number of amides is 1. The number of nitrogens with zero attached hydrogens (tertiary/aromatic N) is 3. The van der Waals surface area contributed by atoms with E-state index in [9.17, 15) is 4.79 Å². The van der Waals surface area contributed by atoms with Crippen molar-refractivity contribution in [2.45, 2.75) is 26.2 Å². The lowest BCUT2D eigenvalue weighted by Crippen LogP contribution is -2.44. The molecule has 6 heteroatoms. The monoisotopic (exact) mass is 292 g/mol. The molecule has 1 amide bonds. The van der Waals surface area contributed by atoms with Gasteiger partial charge in [-0.1, -0.05) is 0 Å². The van der Waals surface area contributed by atoms with Gasteiger partial charge in [0.2, 0.25) is 11.9 Å². The van der Waals surface area contributed by atoms with Crippen LogP contribution in [0.15, 0.2) is 12.3 Å². The fourth-order valence-corrected chi connectivity index (χ4v) is 2.53. The standard InChI is InChI=1S/C15H24N4O2/c1-12-6-8-17-15(18-12)19-9-3-5-13(11-19)14(20)16-7-4-10-21-2/h6,8,13H,3-5,7,9-11H2,1-2H3,(H,16,20)/t13-/m0/s1. The van der Waals surface area contributed by atoms with Crippen LogP contribution in [0.5, 0.6) is 0 Å². The van der Waals surface area contributed by atoms with Gasteiger partial charge in [-0.15, -0.1) is 0 Å². The Balaban J connectivity index is 1.87. The maximum Gasteiger partial charge on any atom is 0.225 e. The van der Waals surface area contributed by atoms with Gasteiger partial charge in [0.1, 0.15) is 0 Å². The molecule has 1 saturated heterocycles. The van der Waals surface area contributed by atoms with E-state index >= 15 is 0 Å². The first-order valence-electron chi connectivity index (χ1n) is 7.52. The molecule has 0 spiro atoms. The van der Waals surface area contributed by atoms with Gasteiger partial charge in [0.05, 0.1) is 5.92 Å². The molecule has 0 unspecified atom stereocenters. The SMILES string of the molecule is COCCCNC(=O)[C@H]1CCCN(c2nccc(C)n2)C1. The molecule has 1 N–H and O–H groups in total. The summed E-state index contributed by atoms with van der Waals surface area (Å²) in [6.45, 7) is 4.91. The van der Waals surface area contributed by atoms with Crippen LogP contribution in [0.4, 0.5) is 5.95 Å². The summed E-state index contributed by atoms with van der Waals surface area (Å²) in [6.07, 6.45) is 4.54. The summed E-state index contributed by atoms with van der Waals surface area (Å²) in [5.74, 6) is 0.876. The van der Waals surface area contributed by atoms with Crippen molar-refractivity contribution >= 4 is 11.9 Å². The molecule has 1 aromatic heterocycles. The van der Waals surface area contributed by atoms with Crippen LogP contribution >= 0.6 is 0 Å². The number of carbonyl (C=O) groups is 1. The second-order valence-corrected chi connectivity index (χ2v) is 5.42. The highest BCUT2D eigenvalue weighted by Crippen LogP contribution is 2.20. The highest BCUT2D eigenvalue weighted by Gasteiger charge is 2.26. The molecule has 2 rings (SSSR count). The van der Waals surface area contributed by atoms with Gasteiger partial charge in [-0.25, -0.2) is 9.97 Å². The van der Waals surface area contributed by atoms with E-state index in [2.05, 4.69) is 20.2 Å². The summed E-state index contributed by atoms with van der Waals surface area (Å²) in [7, 11) is 1.67. The summed E-state index contributed by atoms with van der Waals surface area (Å²) in [4.78, 5) is 23.0. The van der Waals surface area contributed by atoms with E-state index in [0.717, 1.165) is 37.4 Å². The number of hydrogen-bond acceptors (Lipinski definition) is 5. The van der Waals surface area contributed by atoms with E-state index in [0.29, 0.717) is 19.7 Å². The van der Waals surface area contributed by atoms with E-state index in [-0.39, 0.29) is 11.8 Å². The van der Waals surface area contributed by atoms with Gasteiger partial charge in [0, 0.05) is 45.2 Å². The first-order chi connectivity index (χ1) is 10.2. The molecular weight excluding hydrogens is 268 g/mol. The molecule has 21 heavy (non-hydrogen) atoms. The molecule has 0 aliphatic carbocycles. The molecule has 0 saturated carbocycles. The molecule has 1 aliphatic heterocycles. The zero-order chi connectivity index (χ0) is 15.1. The number of anilines is 1. The Morgan fingerprint density at radius 3 is 3.19 bits per heavy atom. The maximum absolute atomic E-state index is 12.2. The van der Waals surface area contributed by atoms with Crippen LogP contribution in [0.1, 0.15) is 25.0 Å². The van der Waals surface area contributed by atoms with Crippen LogP contribution in [0.25, 0.3) is 0 Å². The van der Waals surface area contributed by atoms with Crippen molar-refractivity contribution in [2.75, 3.05) is 38.3 Å². The molecule has 0 bridgehead atoms. The minimum atomic E-state index is 0.0189. The van der Waals surface area contributed by atoms with E-state index in [1.807, 2.05) is 13.0 Å². The van der Waals surface area contributed by atoms with Crippen LogP contribution in [-0.2, 0) is 9.53 Å². The van der Waals surface area contributed by atoms with Gasteiger partial charge in [0.15, 0.2) is 0 Å². The lowest BCUT2D eigenvalue weighted by molar-refractivity contribution is -0.125. The highest BCUT2D eigenvalue weighted by atomic mass is 16.5. The molecule has 1 aromatic rings. The molecule has 1 atom stereocenters. The normalized spacial score (nSPS) is 18.6. The molecule has 0 aromatic carbocycles. The third kappa shape index (κ3) is 4.67. The van der Waals surface area contributed by atoms with Gasteiger partial charge in [-0.05, 0) is 32.3 Å². The molecule has 6 nitrogen and oxygen atoms in total. The minimum absolute atomic E-state index is 0.0189. The summed E-state index contributed by atoms with van der Waals surface area (Å²) in [5.41, 5.74) is 0.950. The van der Waals surface area contributed by atoms with Crippen molar-refractivity contribution < 1.29 is 9.53 Å². The Labute approximate surface area is 125 Å². The summed E-state index contributed by atoms with van der Waals surface area (Å²) >= 11 is 0. The fraction of sp³-hybridized carbons (Fsp3) is 0.667. The van der Waals surface area contributed by atoms with Crippen molar-refractivity contribution in [2.24, 2.45) is 5.92 Å². The number of aromatic nitrogens is 2. The number of aryl methyl sites for hydroxylation is 1. The summed E-state index contributed by atoms with van der Waals surface area (Å²) in [6, 6.07) is 1.88. The number of carbonyl (C=O) groups excluding carboxylic acids is 1. The maximum atomic E-state index is 12.2. The number of piperidine rings is 1. The second-order valence-electron chi connectivity index (χ2n) is 5.42. The van der Waals surface area contributed by atoms with Crippen LogP contribution in [0, 0.1) is 12.8 Å². The second kappa shape index (κ2) is 7.93. The smallest absolute Gasteiger partial charge is 0.225 e. The molecule has 1 fully saturated rings. The van der Waals surface area contributed by atoms with Crippen molar-refractivity contribution in [3.05, 3.63) is 18.0 Å². The summed E-state index contributed by atoms with van der Waals surface area (Å²) < 4.78 is 4.98. The van der Waals surface area contributed by atoms with Crippen molar-refractivity contribution in [3.63, 3.8) is 0 Å². The van der Waals surface area contributed by atoms with E-state index in [1.54, 1.807) is 13.3 Å². The Hall–Kier alpha value is -1.69. The lowest BCUT2D eigenvalue weighted by Gasteiger charge is -2.32. The fourth-order valence-electron chi connectivity index (χ4n) is 2.53. The molecule has 2 heterocycles. The first kappa shape index (κ1) is 15.7. The lowest BCUT2D eigenvalue weighted by atomic mass is 9.97. The van der Waals surface area contributed by atoms with Gasteiger partial charge >= 0.3 is 0 Å². The van der Waals surface area contributed by atoms with Crippen LogP contribution in [-0.4, -0.2) is 49.2 Å². The minimum Gasteiger partial charge on any atom is -0.385 e. The quantitative estimate of drug-likeness (QED) is 0.797. The highest BCUT2D eigenvalue weighted by molar-refractivity contribution is 5.79. The van der Waals surface area contributed by atoms with E-state index < -0.39 is 0 Å². The van der Waals surface area contributed by atoms with Crippen LogP contribution < -0.4 is 10.2 Å². The van der Waals surface area contributed by atoms with E-state index in [1.165, 1.54) is 0 Å². The first-order valence-corrected chi connectivity index (χ1v) is 7.52. The van der Waals surface area contributed by atoms with Gasteiger partial charge in [-0.3, -0.25) is 4.79 Å². The predicted octanol–water partition coefficient (Wildman–Crippen LogP) is 1.15. The summed E-state index contributed by atoms with van der Waals surface area (Å²) in [5, 5.41) is 2.98. The Bertz CT molecular complexity index is 467. The van der Waals surface area contributed by atoms with Crippen molar-refractivity contribution in [3.8, 4) is 0 Å². The average Bonchev–Trinajstić information content (AvgIpc) is 2.51. The van der Waals surface area contributed by atoms with Gasteiger partial charge < -0.3 is 15.0 Å². The number of rotatable bonds is 6. The van der Waals surface area contributed by atoms with E-state index in [4.69, 9.17) is 4.74 Å². The zero-order valence-corrected chi connectivity index (χ0v) is 12.8. The topological polar surface area (TPSA) is 67.3 Å². The van der Waals surface area contributed by atoms with Crippen LogP contribution in [0.3, 0.4) is 0 Å². The Morgan fingerprint density at radius 2 is 2.43 bits per heavy atom. The zero-order valence-electron chi connectivity index (χ0n) is 12.8. The number of nitrogens with one attached hydrogen (secondary N) is 1. The number of hydrogen-bond donors (Lipinski definition) is 1. The van der Waals surface area contributed by atoms with Gasteiger partial charge in [0.25, 0.3) is 0 Å². The van der Waals surface area contributed by atoms with Crippen molar-refractivity contribution in [1.29, 1.82) is 0 Å². The Kier molecular flexibility index (Phi) is 5.92. The molecule has 116 valence electrons. The third-order valence-corrected chi connectivity index (χ3v) is 3.68. The molecule has 0 radical (unpaired) electrons. The number of ether oxygens (including phenoxy) is 1. The Morgan fingerprint density at radius 1 is 1.57 bits per heavy atom. The number of methoxy groups -OCH3 is 1.